The number of aryl methyl sites for hydroxylation is 1. The molecule has 0 aromatic carbocycles. The Balaban J connectivity index is 2.50. The Morgan fingerprint density at radius 2 is 2.50 bits per heavy atom. The van der Waals surface area contributed by atoms with E-state index < -0.39 is 0 Å². The molecular weight excluding hydrogens is 154 g/mol. The van der Waals surface area contributed by atoms with Gasteiger partial charge in [0, 0.05) is 19.3 Å². The number of hydrogen-bond acceptors (Lipinski definition) is 3. The zero-order valence-electron chi connectivity index (χ0n) is 7.49. The van der Waals surface area contributed by atoms with Gasteiger partial charge in [0.15, 0.2) is 0 Å². The van der Waals surface area contributed by atoms with Crippen LogP contribution in [0.4, 0.5) is 0 Å². The third kappa shape index (κ3) is 2.32. The number of nitrogens with one attached hydrogen (secondary N) is 1. The summed E-state index contributed by atoms with van der Waals surface area (Å²) >= 11 is 0. The van der Waals surface area contributed by atoms with Crippen molar-refractivity contribution >= 4 is 0 Å². The van der Waals surface area contributed by atoms with Crippen molar-refractivity contribution in [3.63, 3.8) is 0 Å². The molecule has 2 N–H and O–H groups in total. The fourth-order valence-electron chi connectivity index (χ4n) is 1.12. The third-order valence-electron chi connectivity index (χ3n) is 1.87. The fourth-order valence-corrected chi connectivity index (χ4v) is 1.12. The van der Waals surface area contributed by atoms with Crippen molar-refractivity contribution in [1.82, 2.24) is 15.1 Å². The van der Waals surface area contributed by atoms with Gasteiger partial charge in [-0.15, -0.1) is 0 Å². The monoisotopic (exact) mass is 169 g/mol. The average molecular weight is 169 g/mol. The predicted octanol–water partition coefficient (Wildman–Crippen LogP) is -0.457. The molecule has 1 heterocycles. The smallest absolute Gasteiger partial charge is 0.0587 e. The lowest BCUT2D eigenvalue weighted by Crippen LogP contribution is -2.30. The first-order valence-corrected chi connectivity index (χ1v) is 4.02. The molecule has 12 heavy (non-hydrogen) atoms. The van der Waals surface area contributed by atoms with Crippen molar-refractivity contribution in [2.75, 3.05) is 13.7 Å². The molecule has 0 spiro atoms. The molecule has 0 aliphatic rings. The molecule has 0 bridgehead atoms. The molecule has 0 saturated carbocycles. The minimum absolute atomic E-state index is 0.134. The van der Waals surface area contributed by atoms with Crippen LogP contribution in [0.1, 0.15) is 5.56 Å². The number of likely N-dealkylation sites (N-methyl/N-ethyl adjacent to an activating group) is 1. The first-order valence-electron chi connectivity index (χ1n) is 4.02. The second-order valence-electron chi connectivity index (χ2n) is 2.89. The first kappa shape index (κ1) is 9.22. The minimum Gasteiger partial charge on any atom is -0.395 e. The van der Waals surface area contributed by atoms with Gasteiger partial charge in [-0.1, -0.05) is 0 Å². The summed E-state index contributed by atoms with van der Waals surface area (Å²) < 4.78 is 1.76. The SMILES string of the molecule is CNC(CO)Cc1cnn(C)c1. The lowest BCUT2D eigenvalue weighted by molar-refractivity contribution is 0.248. The Bertz CT molecular complexity index is 230. The van der Waals surface area contributed by atoms with Crippen molar-refractivity contribution in [3.8, 4) is 0 Å². The van der Waals surface area contributed by atoms with Gasteiger partial charge < -0.3 is 10.4 Å². The summed E-state index contributed by atoms with van der Waals surface area (Å²) in [5, 5.41) is 16.0. The van der Waals surface area contributed by atoms with E-state index in [4.69, 9.17) is 5.11 Å². The zero-order valence-corrected chi connectivity index (χ0v) is 7.49. The van der Waals surface area contributed by atoms with E-state index in [1.165, 1.54) is 0 Å². The van der Waals surface area contributed by atoms with Crippen LogP contribution >= 0.6 is 0 Å². The van der Waals surface area contributed by atoms with E-state index in [9.17, 15) is 0 Å². The van der Waals surface area contributed by atoms with E-state index in [1.54, 1.807) is 4.68 Å². The number of aliphatic hydroxyl groups is 1. The Kier molecular flexibility index (Phi) is 3.25. The highest BCUT2D eigenvalue weighted by atomic mass is 16.3. The standard InChI is InChI=1S/C8H15N3O/c1-9-8(6-12)3-7-4-10-11(2)5-7/h4-5,8-9,12H,3,6H2,1-2H3. The Morgan fingerprint density at radius 3 is 2.92 bits per heavy atom. The molecule has 0 amide bonds. The van der Waals surface area contributed by atoms with E-state index in [-0.39, 0.29) is 12.6 Å². The second kappa shape index (κ2) is 4.23. The van der Waals surface area contributed by atoms with Gasteiger partial charge in [0.1, 0.15) is 0 Å². The summed E-state index contributed by atoms with van der Waals surface area (Å²) in [5.41, 5.74) is 1.14. The third-order valence-corrected chi connectivity index (χ3v) is 1.87. The molecule has 1 unspecified atom stereocenters. The van der Waals surface area contributed by atoms with Crippen molar-refractivity contribution < 1.29 is 5.11 Å². The number of rotatable bonds is 4. The molecule has 4 nitrogen and oxygen atoms in total. The fraction of sp³-hybridized carbons (Fsp3) is 0.625. The van der Waals surface area contributed by atoms with Crippen molar-refractivity contribution in [2.24, 2.45) is 7.05 Å². The summed E-state index contributed by atoms with van der Waals surface area (Å²) in [6, 6.07) is 0.134. The number of hydrogen-bond donors (Lipinski definition) is 2. The van der Waals surface area contributed by atoms with Crippen molar-refractivity contribution in [2.45, 2.75) is 12.5 Å². The molecule has 68 valence electrons. The molecule has 0 radical (unpaired) electrons. The van der Waals surface area contributed by atoms with Crippen molar-refractivity contribution in [3.05, 3.63) is 18.0 Å². The second-order valence-corrected chi connectivity index (χ2v) is 2.89. The Labute approximate surface area is 72.2 Å². The maximum atomic E-state index is 8.90. The number of aliphatic hydroxyl groups excluding tert-OH is 1. The van der Waals surface area contributed by atoms with Gasteiger partial charge in [-0.3, -0.25) is 4.68 Å². The molecule has 4 heteroatoms. The summed E-state index contributed by atoms with van der Waals surface area (Å²) in [4.78, 5) is 0. The van der Waals surface area contributed by atoms with Crippen LogP contribution in [0.15, 0.2) is 12.4 Å². The molecule has 1 aromatic heterocycles. The highest BCUT2D eigenvalue weighted by Crippen LogP contribution is 2.00. The van der Waals surface area contributed by atoms with Gasteiger partial charge in [0.2, 0.25) is 0 Å². The molecule has 0 fully saturated rings. The predicted molar refractivity (Wildman–Crippen MR) is 46.8 cm³/mol. The lowest BCUT2D eigenvalue weighted by atomic mass is 10.1. The Morgan fingerprint density at radius 1 is 1.75 bits per heavy atom. The molecule has 0 aliphatic heterocycles. The Hall–Kier alpha value is -0.870. The van der Waals surface area contributed by atoms with Crippen LogP contribution in [0.2, 0.25) is 0 Å². The zero-order chi connectivity index (χ0) is 8.97. The van der Waals surface area contributed by atoms with Crippen LogP contribution in [0.25, 0.3) is 0 Å². The van der Waals surface area contributed by atoms with E-state index in [2.05, 4.69) is 10.4 Å². The van der Waals surface area contributed by atoms with Crippen molar-refractivity contribution in [1.29, 1.82) is 0 Å². The van der Waals surface area contributed by atoms with E-state index in [0.717, 1.165) is 12.0 Å². The van der Waals surface area contributed by atoms with Gasteiger partial charge in [0.25, 0.3) is 0 Å². The molecule has 0 aliphatic carbocycles. The number of aromatic nitrogens is 2. The average Bonchev–Trinajstić information content (AvgIpc) is 2.47. The first-order chi connectivity index (χ1) is 5.76. The van der Waals surface area contributed by atoms with Crippen LogP contribution < -0.4 is 5.32 Å². The summed E-state index contributed by atoms with van der Waals surface area (Å²) in [7, 11) is 3.73. The topological polar surface area (TPSA) is 50.1 Å². The van der Waals surface area contributed by atoms with Gasteiger partial charge in [0.05, 0.1) is 12.8 Å². The maximum absolute atomic E-state index is 8.90. The maximum Gasteiger partial charge on any atom is 0.0587 e. The summed E-state index contributed by atoms with van der Waals surface area (Å²) in [6.07, 6.45) is 4.60. The number of nitrogens with zero attached hydrogens (tertiary/aromatic N) is 2. The highest BCUT2D eigenvalue weighted by molar-refractivity contribution is 5.05. The lowest BCUT2D eigenvalue weighted by Gasteiger charge is -2.10. The van der Waals surface area contributed by atoms with Gasteiger partial charge in [-0.2, -0.15) is 5.10 Å². The molecular formula is C8H15N3O. The molecule has 1 aromatic rings. The minimum atomic E-state index is 0.134. The quantitative estimate of drug-likeness (QED) is 0.641. The van der Waals surface area contributed by atoms with Gasteiger partial charge in [-0.05, 0) is 19.0 Å². The van der Waals surface area contributed by atoms with Gasteiger partial charge >= 0.3 is 0 Å². The molecule has 1 rings (SSSR count). The van der Waals surface area contributed by atoms with E-state index in [0.29, 0.717) is 0 Å². The van der Waals surface area contributed by atoms with Gasteiger partial charge in [-0.25, -0.2) is 0 Å². The van der Waals surface area contributed by atoms with Crippen LogP contribution in [0, 0.1) is 0 Å². The van der Waals surface area contributed by atoms with Crippen LogP contribution in [-0.4, -0.2) is 34.6 Å². The largest absolute Gasteiger partial charge is 0.395 e. The van der Waals surface area contributed by atoms with Crippen LogP contribution in [0.3, 0.4) is 0 Å². The van der Waals surface area contributed by atoms with E-state index in [1.807, 2.05) is 26.5 Å². The van der Waals surface area contributed by atoms with Crippen LogP contribution in [-0.2, 0) is 13.5 Å². The normalized spacial score (nSPS) is 13.2. The van der Waals surface area contributed by atoms with Crippen LogP contribution in [0.5, 0.6) is 0 Å². The molecule has 1 atom stereocenters. The summed E-state index contributed by atoms with van der Waals surface area (Å²) in [5.74, 6) is 0. The highest BCUT2D eigenvalue weighted by Gasteiger charge is 2.05. The molecule has 0 saturated heterocycles. The van der Waals surface area contributed by atoms with E-state index >= 15 is 0 Å². The summed E-state index contributed by atoms with van der Waals surface area (Å²) in [6.45, 7) is 0.158.